The molecule has 0 aliphatic carbocycles. The summed E-state index contributed by atoms with van der Waals surface area (Å²) in [6.07, 6.45) is -4.82. The first kappa shape index (κ1) is 20.7. The molecule has 1 heterocycles. The highest BCUT2D eigenvalue weighted by Gasteiger charge is 2.31. The first-order valence-electron chi connectivity index (χ1n) is 8.58. The lowest BCUT2D eigenvalue weighted by atomic mass is 10.1. The molecule has 0 saturated heterocycles. The normalized spacial score (nSPS) is 11.4. The number of alkyl halides is 3. The summed E-state index contributed by atoms with van der Waals surface area (Å²) in [5.74, 6) is -1.01. The van der Waals surface area contributed by atoms with E-state index in [1.165, 1.54) is 16.8 Å². The van der Waals surface area contributed by atoms with Gasteiger partial charge in [-0.3, -0.25) is 4.79 Å². The summed E-state index contributed by atoms with van der Waals surface area (Å²) < 4.78 is 42.5. The molecule has 0 aliphatic rings. The third-order valence-corrected chi connectivity index (χ3v) is 4.46. The molecule has 1 aromatic heterocycles. The maximum absolute atomic E-state index is 12.7. The average molecular weight is 424 g/mol. The van der Waals surface area contributed by atoms with Gasteiger partial charge < -0.3 is 10.1 Å². The summed E-state index contributed by atoms with van der Waals surface area (Å²) in [5, 5.41) is 6.98. The summed E-state index contributed by atoms with van der Waals surface area (Å²) in [5.41, 5.74) is 2.78. The van der Waals surface area contributed by atoms with E-state index in [0.29, 0.717) is 12.2 Å². The molecule has 1 N–H and O–H groups in total. The monoisotopic (exact) mass is 423 g/mol. The van der Waals surface area contributed by atoms with Gasteiger partial charge in [-0.05, 0) is 31.5 Å². The van der Waals surface area contributed by atoms with Gasteiger partial charge in [-0.25, -0.2) is 4.68 Å². The van der Waals surface area contributed by atoms with Crippen LogP contribution in [0.4, 0.5) is 18.9 Å². The molecule has 0 radical (unpaired) electrons. The molecule has 0 fully saturated rings. The van der Waals surface area contributed by atoms with Crippen LogP contribution in [0.1, 0.15) is 27.2 Å². The van der Waals surface area contributed by atoms with Crippen LogP contribution < -0.4 is 10.1 Å². The van der Waals surface area contributed by atoms with Crippen molar-refractivity contribution in [3.8, 4) is 5.75 Å². The van der Waals surface area contributed by atoms with E-state index in [2.05, 4.69) is 15.2 Å². The number of carbonyl (C=O) groups is 1. The molecule has 5 nitrogen and oxygen atoms in total. The SMILES string of the molecule is Cc1ccc(Cn2nc(C)c(C(=O)Nc3cccc(OC(F)(F)F)c3)c2Cl)cc1. The molecule has 3 aromatic rings. The number of hydrogen-bond donors (Lipinski definition) is 1. The highest BCUT2D eigenvalue weighted by Crippen LogP contribution is 2.27. The summed E-state index contributed by atoms with van der Waals surface area (Å²) in [7, 11) is 0. The number of aryl methyl sites for hydroxylation is 2. The van der Waals surface area contributed by atoms with E-state index in [0.717, 1.165) is 23.3 Å². The van der Waals surface area contributed by atoms with Crippen LogP contribution in [0.2, 0.25) is 5.15 Å². The highest BCUT2D eigenvalue weighted by atomic mass is 35.5. The number of ether oxygens (including phenoxy) is 1. The Morgan fingerprint density at radius 1 is 1.17 bits per heavy atom. The second-order valence-electron chi connectivity index (χ2n) is 6.42. The van der Waals surface area contributed by atoms with Crippen LogP contribution >= 0.6 is 11.6 Å². The van der Waals surface area contributed by atoms with Gasteiger partial charge in [-0.2, -0.15) is 5.10 Å². The molecular formula is C20H17ClF3N3O2. The van der Waals surface area contributed by atoms with Gasteiger partial charge in [0, 0.05) is 11.8 Å². The number of rotatable bonds is 5. The molecule has 152 valence electrons. The first-order valence-corrected chi connectivity index (χ1v) is 8.96. The predicted octanol–water partition coefficient (Wildman–Crippen LogP) is 5.35. The summed E-state index contributed by atoms with van der Waals surface area (Å²) >= 11 is 6.36. The Hall–Kier alpha value is -3.00. The predicted molar refractivity (Wildman–Crippen MR) is 103 cm³/mol. The van der Waals surface area contributed by atoms with E-state index in [-0.39, 0.29) is 16.4 Å². The van der Waals surface area contributed by atoms with Gasteiger partial charge in [0.2, 0.25) is 0 Å². The number of nitrogens with zero attached hydrogens (tertiary/aromatic N) is 2. The van der Waals surface area contributed by atoms with Gasteiger partial charge in [0.1, 0.15) is 10.9 Å². The number of halogens is 4. The molecule has 9 heteroatoms. The second kappa shape index (κ2) is 8.16. The Balaban J connectivity index is 1.78. The van der Waals surface area contributed by atoms with Crippen molar-refractivity contribution in [1.29, 1.82) is 0 Å². The summed E-state index contributed by atoms with van der Waals surface area (Å²) in [6.45, 7) is 3.99. The van der Waals surface area contributed by atoms with E-state index < -0.39 is 18.0 Å². The smallest absolute Gasteiger partial charge is 0.406 e. The molecule has 0 aliphatic heterocycles. The van der Waals surface area contributed by atoms with Gasteiger partial charge in [-0.15, -0.1) is 13.2 Å². The Labute approximate surface area is 170 Å². The van der Waals surface area contributed by atoms with Crippen LogP contribution in [0, 0.1) is 13.8 Å². The molecule has 0 saturated carbocycles. The average Bonchev–Trinajstić information content (AvgIpc) is 2.89. The number of carbonyl (C=O) groups excluding carboxylic acids is 1. The fourth-order valence-corrected chi connectivity index (χ4v) is 3.07. The Morgan fingerprint density at radius 3 is 2.52 bits per heavy atom. The minimum atomic E-state index is -4.82. The molecule has 3 rings (SSSR count). The number of hydrogen-bond acceptors (Lipinski definition) is 3. The molecule has 29 heavy (non-hydrogen) atoms. The van der Waals surface area contributed by atoms with Crippen LogP contribution in [0.15, 0.2) is 48.5 Å². The van der Waals surface area contributed by atoms with Crippen molar-refractivity contribution in [2.75, 3.05) is 5.32 Å². The van der Waals surface area contributed by atoms with Crippen molar-refractivity contribution >= 4 is 23.2 Å². The van der Waals surface area contributed by atoms with Crippen LogP contribution in [0.3, 0.4) is 0 Å². The zero-order valence-corrected chi connectivity index (χ0v) is 16.3. The van der Waals surface area contributed by atoms with Crippen LogP contribution in [0.5, 0.6) is 5.75 Å². The van der Waals surface area contributed by atoms with Crippen LogP contribution in [-0.2, 0) is 6.54 Å². The fraction of sp³-hybridized carbons (Fsp3) is 0.200. The second-order valence-corrected chi connectivity index (χ2v) is 6.78. The van der Waals surface area contributed by atoms with Crippen molar-refractivity contribution < 1.29 is 22.7 Å². The number of anilines is 1. The van der Waals surface area contributed by atoms with Gasteiger partial charge in [0.25, 0.3) is 5.91 Å². The largest absolute Gasteiger partial charge is 0.573 e. The van der Waals surface area contributed by atoms with E-state index in [1.54, 1.807) is 6.92 Å². The van der Waals surface area contributed by atoms with Gasteiger partial charge in [0.05, 0.1) is 17.8 Å². The molecule has 2 aromatic carbocycles. The molecular weight excluding hydrogens is 407 g/mol. The maximum Gasteiger partial charge on any atom is 0.573 e. The van der Waals surface area contributed by atoms with Gasteiger partial charge in [-0.1, -0.05) is 47.5 Å². The lowest BCUT2D eigenvalue weighted by Gasteiger charge is -2.11. The highest BCUT2D eigenvalue weighted by molar-refractivity contribution is 6.33. The van der Waals surface area contributed by atoms with E-state index >= 15 is 0 Å². The first-order chi connectivity index (χ1) is 13.6. The van der Waals surface area contributed by atoms with Crippen LogP contribution in [-0.4, -0.2) is 22.1 Å². The Bertz CT molecular complexity index is 1030. The summed E-state index contributed by atoms with van der Waals surface area (Å²) in [6, 6.07) is 12.8. The van der Waals surface area contributed by atoms with Crippen molar-refractivity contribution in [3.63, 3.8) is 0 Å². The Morgan fingerprint density at radius 2 is 1.86 bits per heavy atom. The van der Waals surface area contributed by atoms with Crippen molar-refractivity contribution in [2.24, 2.45) is 0 Å². The number of nitrogens with one attached hydrogen (secondary N) is 1. The zero-order chi connectivity index (χ0) is 21.2. The van der Waals surface area contributed by atoms with Crippen molar-refractivity contribution in [2.45, 2.75) is 26.8 Å². The van der Waals surface area contributed by atoms with Gasteiger partial charge in [0.15, 0.2) is 0 Å². The number of benzene rings is 2. The third kappa shape index (κ3) is 5.29. The topological polar surface area (TPSA) is 56.2 Å². The molecule has 0 atom stereocenters. The quantitative estimate of drug-likeness (QED) is 0.601. The lowest BCUT2D eigenvalue weighted by Crippen LogP contribution is -2.17. The third-order valence-electron chi connectivity index (χ3n) is 4.07. The maximum atomic E-state index is 12.7. The fourth-order valence-electron chi connectivity index (χ4n) is 2.75. The molecule has 1 amide bonds. The van der Waals surface area contributed by atoms with Gasteiger partial charge >= 0.3 is 6.36 Å². The van der Waals surface area contributed by atoms with E-state index in [4.69, 9.17) is 11.6 Å². The van der Waals surface area contributed by atoms with Crippen molar-refractivity contribution in [3.05, 3.63) is 76.1 Å². The minimum absolute atomic E-state index is 0.138. The lowest BCUT2D eigenvalue weighted by molar-refractivity contribution is -0.274. The van der Waals surface area contributed by atoms with E-state index in [9.17, 15) is 18.0 Å². The minimum Gasteiger partial charge on any atom is -0.406 e. The molecule has 0 spiro atoms. The van der Waals surface area contributed by atoms with E-state index in [1.807, 2.05) is 31.2 Å². The van der Waals surface area contributed by atoms with Crippen molar-refractivity contribution in [1.82, 2.24) is 9.78 Å². The summed E-state index contributed by atoms with van der Waals surface area (Å²) in [4.78, 5) is 12.7. The Kier molecular flexibility index (Phi) is 5.83. The standard InChI is InChI=1S/C20H17ClF3N3O2/c1-12-6-8-14(9-7-12)11-27-18(21)17(13(2)26-27)19(28)25-15-4-3-5-16(10-15)29-20(22,23)24/h3-10H,11H2,1-2H3,(H,25,28). The molecule has 0 unspecified atom stereocenters. The van der Waals surface area contributed by atoms with Crippen LogP contribution in [0.25, 0.3) is 0 Å². The molecule has 0 bridgehead atoms. The number of amides is 1. The zero-order valence-electron chi connectivity index (χ0n) is 15.5. The number of aromatic nitrogens is 2.